The highest BCUT2D eigenvalue weighted by Crippen LogP contribution is 2.15. The molecule has 1 aromatic carbocycles. The van der Waals surface area contributed by atoms with Crippen LogP contribution in [0.15, 0.2) is 33.6 Å². The lowest BCUT2D eigenvalue weighted by atomic mass is 10.4. The maximum absolute atomic E-state index is 11.2. The lowest BCUT2D eigenvalue weighted by Gasteiger charge is -1.98. The van der Waals surface area contributed by atoms with Crippen molar-refractivity contribution in [3.8, 4) is 0 Å². The van der Waals surface area contributed by atoms with Gasteiger partial charge in [0.1, 0.15) is 9.69 Å². The van der Waals surface area contributed by atoms with Gasteiger partial charge in [0.05, 0.1) is 4.90 Å². The summed E-state index contributed by atoms with van der Waals surface area (Å²) in [5, 5.41) is 0. The molecule has 0 amide bonds. The van der Waals surface area contributed by atoms with Crippen LogP contribution < -0.4 is 0 Å². The van der Waals surface area contributed by atoms with E-state index in [0.717, 1.165) is 8.89 Å². The first-order chi connectivity index (χ1) is 5.56. The summed E-state index contributed by atoms with van der Waals surface area (Å²) in [6.07, 6.45) is 0. The van der Waals surface area contributed by atoms with Crippen molar-refractivity contribution in [1.29, 1.82) is 0 Å². The predicted octanol–water partition coefficient (Wildman–Crippen LogP) is 2.19. The van der Waals surface area contributed by atoms with E-state index in [1.807, 2.05) is 0 Å². The van der Waals surface area contributed by atoms with Crippen LogP contribution in [0.3, 0.4) is 0 Å². The molecular weight excluding hydrogens is 354 g/mol. The van der Waals surface area contributed by atoms with Gasteiger partial charge >= 0.3 is 4.41 Å². The van der Waals surface area contributed by atoms with Gasteiger partial charge in [-0.15, -0.1) is 22.4 Å². The van der Waals surface area contributed by atoms with Gasteiger partial charge in [-0.2, -0.15) is 0 Å². The van der Waals surface area contributed by atoms with E-state index in [1.165, 1.54) is 0 Å². The molecule has 0 saturated heterocycles. The normalized spacial score (nSPS) is 11.2. The summed E-state index contributed by atoms with van der Waals surface area (Å²) in [6, 6.07) is 6.53. The molecule has 1 aromatic rings. The van der Waals surface area contributed by atoms with E-state index in [4.69, 9.17) is 0 Å². The number of benzene rings is 1. The van der Waals surface area contributed by atoms with Crippen molar-refractivity contribution in [1.82, 2.24) is 0 Å². The van der Waals surface area contributed by atoms with Gasteiger partial charge in [-0.1, -0.05) is 15.9 Å². The maximum Gasteiger partial charge on any atom is 0.368 e. The van der Waals surface area contributed by atoms with E-state index in [9.17, 15) is 8.42 Å². The molecular formula is C6H4BBrIO2S. The summed E-state index contributed by atoms with van der Waals surface area (Å²) in [6.45, 7) is 0. The molecule has 0 saturated carbocycles. The van der Waals surface area contributed by atoms with E-state index in [2.05, 4.69) is 15.9 Å². The van der Waals surface area contributed by atoms with E-state index in [1.54, 1.807) is 46.6 Å². The van der Waals surface area contributed by atoms with Crippen molar-refractivity contribution in [3.63, 3.8) is 0 Å². The van der Waals surface area contributed by atoms with Crippen LogP contribution in [0, 0.1) is 0 Å². The highest BCUT2D eigenvalue weighted by molar-refractivity contribution is 14.1. The van der Waals surface area contributed by atoms with Crippen LogP contribution in [-0.2, 0) is 9.69 Å². The van der Waals surface area contributed by atoms with Crippen LogP contribution in [0.1, 0.15) is 0 Å². The molecule has 0 aliphatic carbocycles. The lowest BCUT2D eigenvalue weighted by molar-refractivity contribution is 0.609. The lowest BCUT2D eigenvalue weighted by Crippen LogP contribution is -2.03. The highest BCUT2D eigenvalue weighted by Gasteiger charge is 2.13. The Balaban J connectivity index is 3.14. The van der Waals surface area contributed by atoms with Crippen molar-refractivity contribution in [2.24, 2.45) is 0 Å². The number of hydrogen-bond acceptors (Lipinski definition) is 2. The molecule has 63 valence electrons. The number of halogens is 2. The monoisotopic (exact) mass is 357 g/mol. The summed E-state index contributed by atoms with van der Waals surface area (Å²) in [5.74, 6) is 0. The summed E-state index contributed by atoms with van der Waals surface area (Å²) >= 11 is 4.94. The maximum atomic E-state index is 11.2. The van der Waals surface area contributed by atoms with E-state index in [0.29, 0.717) is 4.90 Å². The van der Waals surface area contributed by atoms with Crippen LogP contribution in [0.25, 0.3) is 0 Å². The third-order valence-corrected chi connectivity index (χ3v) is 4.96. The van der Waals surface area contributed by atoms with Gasteiger partial charge in [0.2, 0.25) is 0 Å². The average molecular weight is 358 g/mol. The smallest absolute Gasteiger partial charge is 0.236 e. The van der Waals surface area contributed by atoms with Gasteiger partial charge in [0.25, 0.3) is 0 Å². The third kappa shape index (κ3) is 2.46. The minimum Gasteiger partial charge on any atom is -0.236 e. The molecule has 0 heterocycles. The van der Waals surface area contributed by atoms with Crippen molar-refractivity contribution in [2.45, 2.75) is 4.90 Å². The minimum atomic E-state index is -3.17. The van der Waals surface area contributed by atoms with Crippen LogP contribution in [-0.4, -0.2) is 12.8 Å². The topological polar surface area (TPSA) is 34.1 Å². The van der Waals surface area contributed by atoms with Crippen LogP contribution >= 0.6 is 38.3 Å². The third-order valence-electron chi connectivity index (χ3n) is 1.26. The molecule has 0 spiro atoms. The molecule has 6 heteroatoms. The molecule has 0 aromatic heterocycles. The first-order valence-electron chi connectivity index (χ1n) is 3.00. The predicted molar refractivity (Wildman–Crippen MR) is 61.1 cm³/mol. The Labute approximate surface area is 93.8 Å². The van der Waals surface area contributed by atoms with Crippen LogP contribution in [0.4, 0.5) is 0 Å². The van der Waals surface area contributed by atoms with E-state index >= 15 is 0 Å². The van der Waals surface area contributed by atoms with Crippen molar-refractivity contribution in [2.75, 3.05) is 0 Å². The van der Waals surface area contributed by atoms with Gasteiger partial charge in [-0.3, -0.25) is 0 Å². The Kier molecular flexibility index (Phi) is 3.60. The summed E-state index contributed by atoms with van der Waals surface area (Å²) in [4.78, 5) is 0.320. The summed E-state index contributed by atoms with van der Waals surface area (Å²) in [7, 11) is -3.17. The van der Waals surface area contributed by atoms with Crippen molar-refractivity contribution in [3.05, 3.63) is 28.7 Å². The zero-order valence-electron chi connectivity index (χ0n) is 5.87. The molecule has 0 aliphatic heterocycles. The molecule has 0 atom stereocenters. The molecule has 2 nitrogen and oxygen atoms in total. The number of rotatable bonds is 2. The summed E-state index contributed by atoms with van der Waals surface area (Å²) < 4.78 is 24.5. The Bertz CT molecular complexity index is 362. The van der Waals surface area contributed by atoms with E-state index < -0.39 is 9.69 Å². The Morgan fingerprint density at radius 1 is 1.25 bits per heavy atom. The Hall–Kier alpha value is 0.445. The zero-order valence-corrected chi connectivity index (χ0v) is 10.4. The second kappa shape index (κ2) is 4.10. The van der Waals surface area contributed by atoms with Gasteiger partial charge < -0.3 is 0 Å². The van der Waals surface area contributed by atoms with Crippen molar-refractivity contribution < 1.29 is 8.42 Å². The second-order valence-electron chi connectivity index (χ2n) is 2.09. The minimum absolute atomic E-state index is 0.320. The highest BCUT2D eigenvalue weighted by atomic mass is 127. The molecule has 0 bridgehead atoms. The molecule has 0 N–H and O–H groups in total. The van der Waals surface area contributed by atoms with Gasteiger partial charge in [0.15, 0.2) is 0 Å². The number of hydrogen-bond donors (Lipinski definition) is 0. The van der Waals surface area contributed by atoms with E-state index in [-0.39, 0.29) is 0 Å². The fourth-order valence-electron chi connectivity index (χ4n) is 0.676. The molecule has 0 unspecified atom stereocenters. The molecule has 1 radical (unpaired) electrons. The van der Waals surface area contributed by atoms with Crippen molar-refractivity contribution >= 4 is 52.4 Å². The molecule has 0 fully saturated rings. The second-order valence-corrected chi connectivity index (χ2v) is 6.27. The summed E-state index contributed by atoms with van der Waals surface area (Å²) in [5.41, 5.74) is 0. The standard InChI is InChI=1S/C6H4BBrIO2S/c8-5-1-3-6(4-2-5)12(10,11)7-9/h1-4H. The Morgan fingerprint density at radius 3 is 2.17 bits per heavy atom. The van der Waals surface area contributed by atoms with Crippen LogP contribution in [0.2, 0.25) is 0 Å². The Morgan fingerprint density at radius 2 is 1.75 bits per heavy atom. The van der Waals surface area contributed by atoms with Gasteiger partial charge in [-0.25, -0.2) is 8.42 Å². The molecule has 12 heavy (non-hydrogen) atoms. The molecule has 1 rings (SSSR count). The molecule has 0 aliphatic rings. The fourth-order valence-corrected chi connectivity index (χ4v) is 2.44. The van der Waals surface area contributed by atoms with Gasteiger partial charge in [0, 0.05) is 4.47 Å². The zero-order chi connectivity index (χ0) is 9.19. The quantitative estimate of drug-likeness (QED) is 0.600. The average Bonchev–Trinajstić information content (AvgIpc) is 2.05. The van der Waals surface area contributed by atoms with Crippen LogP contribution in [0.5, 0.6) is 0 Å². The first-order valence-corrected chi connectivity index (χ1v) is 6.59. The fraction of sp³-hybridized carbons (Fsp3) is 0. The SMILES string of the molecule is O=S(=O)([B]I)c1ccc(Br)cc1. The van der Waals surface area contributed by atoms with Gasteiger partial charge in [-0.05, 0) is 24.3 Å². The largest absolute Gasteiger partial charge is 0.368 e. The first kappa shape index (κ1) is 10.5.